The van der Waals surface area contributed by atoms with E-state index in [-0.39, 0.29) is 6.10 Å². The van der Waals surface area contributed by atoms with Gasteiger partial charge in [0.2, 0.25) is 0 Å². The van der Waals surface area contributed by atoms with Crippen LogP contribution >= 0.6 is 0 Å². The largest absolute Gasteiger partial charge is 0.379 e. The Hall–Kier alpha value is -1.36. The van der Waals surface area contributed by atoms with E-state index >= 15 is 0 Å². The van der Waals surface area contributed by atoms with Gasteiger partial charge in [0.25, 0.3) is 0 Å². The van der Waals surface area contributed by atoms with Gasteiger partial charge in [-0.15, -0.1) is 0 Å². The maximum absolute atomic E-state index is 5.53. The van der Waals surface area contributed by atoms with Gasteiger partial charge in [-0.1, -0.05) is 13.8 Å². The molecular formula is C14H24N4O. The number of anilines is 2. The fourth-order valence-corrected chi connectivity index (χ4v) is 2.81. The lowest BCUT2D eigenvalue weighted by molar-refractivity contribution is 0.101. The fourth-order valence-electron chi connectivity index (χ4n) is 2.81. The molecule has 1 aromatic heterocycles. The van der Waals surface area contributed by atoms with Crippen LogP contribution in [0.15, 0.2) is 6.33 Å². The molecule has 1 saturated carbocycles. The molecule has 2 atom stereocenters. The van der Waals surface area contributed by atoms with Gasteiger partial charge in [-0.25, -0.2) is 9.97 Å². The van der Waals surface area contributed by atoms with Crippen molar-refractivity contribution < 1.29 is 4.74 Å². The Morgan fingerprint density at radius 1 is 1.26 bits per heavy atom. The quantitative estimate of drug-likeness (QED) is 0.856. The first-order valence-corrected chi connectivity index (χ1v) is 6.99. The minimum atomic E-state index is 0.285. The van der Waals surface area contributed by atoms with Crippen LogP contribution in [0.5, 0.6) is 0 Å². The molecule has 0 amide bonds. The van der Waals surface area contributed by atoms with E-state index in [9.17, 15) is 0 Å². The van der Waals surface area contributed by atoms with Gasteiger partial charge in [0.05, 0.1) is 12.1 Å². The Labute approximate surface area is 115 Å². The highest BCUT2D eigenvalue weighted by Gasteiger charge is 2.28. The Balaban J connectivity index is 2.24. The van der Waals surface area contributed by atoms with Gasteiger partial charge in [0.15, 0.2) is 0 Å². The lowest BCUT2D eigenvalue weighted by Crippen LogP contribution is -2.30. The Kier molecular flexibility index (Phi) is 4.58. The molecule has 2 rings (SSSR count). The standard InChI is InChI=1S/C14H24N4O/c1-9(2)12-13(15-3)16-8-17-14(12)18-10-6-5-7-11(10)19-4/h8-11H,5-7H2,1-4H3,(H2,15,16,17,18). The van der Waals surface area contributed by atoms with Crippen molar-refractivity contribution in [1.82, 2.24) is 9.97 Å². The van der Waals surface area contributed by atoms with Crippen LogP contribution < -0.4 is 10.6 Å². The zero-order valence-corrected chi connectivity index (χ0v) is 12.2. The third kappa shape index (κ3) is 2.97. The van der Waals surface area contributed by atoms with Crippen molar-refractivity contribution in [2.75, 3.05) is 24.8 Å². The van der Waals surface area contributed by atoms with Crippen LogP contribution in [-0.4, -0.2) is 36.3 Å². The second-order valence-electron chi connectivity index (χ2n) is 5.35. The van der Waals surface area contributed by atoms with Crippen LogP contribution in [-0.2, 0) is 4.74 Å². The van der Waals surface area contributed by atoms with Crippen molar-refractivity contribution in [2.24, 2.45) is 0 Å². The van der Waals surface area contributed by atoms with Crippen LogP contribution in [0.1, 0.15) is 44.6 Å². The fraction of sp³-hybridized carbons (Fsp3) is 0.714. The van der Waals surface area contributed by atoms with E-state index in [1.807, 2.05) is 7.05 Å². The molecular weight excluding hydrogens is 240 g/mol. The summed E-state index contributed by atoms with van der Waals surface area (Å²) >= 11 is 0. The Morgan fingerprint density at radius 2 is 2.00 bits per heavy atom. The van der Waals surface area contributed by atoms with E-state index in [2.05, 4.69) is 34.4 Å². The average Bonchev–Trinajstić information content (AvgIpc) is 2.85. The van der Waals surface area contributed by atoms with Crippen LogP contribution in [0, 0.1) is 0 Å². The molecule has 2 N–H and O–H groups in total. The van der Waals surface area contributed by atoms with Crippen LogP contribution in [0.2, 0.25) is 0 Å². The molecule has 5 nitrogen and oxygen atoms in total. The molecule has 0 spiro atoms. The van der Waals surface area contributed by atoms with Gasteiger partial charge in [-0.05, 0) is 25.2 Å². The van der Waals surface area contributed by atoms with E-state index in [0.717, 1.165) is 30.0 Å². The molecule has 1 aliphatic rings. The van der Waals surface area contributed by atoms with Crippen molar-refractivity contribution in [3.63, 3.8) is 0 Å². The van der Waals surface area contributed by atoms with Gasteiger partial charge in [0, 0.05) is 19.7 Å². The normalized spacial score (nSPS) is 22.8. The SMILES string of the molecule is CNc1ncnc(NC2CCCC2OC)c1C(C)C. The van der Waals surface area contributed by atoms with Gasteiger partial charge in [0.1, 0.15) is 18.0 Å². The van der Waals surface area contributed by atoms with Gasteiger partial charge in [-0.2, -0.15) is 0 Å². The van der Waals surface area contributed by atoms with E-state index in [4.69, 9.17) is 4.74 Å². The molecule has 0 saturated heterocycles. The highest BCUT2D eigenvalue weighted by Crippen LogP contribution is 2.31. The molecule has 19 heavy (non-hydrogen) atoms. The molecule has 0 aliphatic heterocycles. The predicted octanol–water partition coefficient (Wildman–Crippen LogP) is 2.62. The van der Waals surface area contributed by atoms with Crippen molar-refractivity contribution in [2.45, 2.75) is 51.2 Å². The van der Waals surface area contributed by atoms with E-state index in [1.54, 1.807) is 13.4 Å². The van der Waals surface area contributed by atoms with Crippen molar-refractivity contribution in [1.29, 1.82) is 0 Å². The maximum Gasteiger partial charge on any atom is 0.135 e. The maximum atomic E-state index is 5.53. The summed E-state index contributed by atoms with van der Waals surface area (Å²) in [5.74, 6) is 2.20. The van der Waals surface area contributed by atoms with Crippen molar-refractivity contribution in [3.8, 4) is 0 Å². The highest BCUT2D eigenvalue weighted by molar-refractivity contribution is 5.59. The monoisotopic (exact) mass is 264 g/mol. The number of nitrogens with one attached hydrogen (secondary N) is 2. The molecule has 1 heterocycles. The van der Waals surface area contributed by atoms with Crippen LogP contribution in [0.4, 0.5) is 11.6 Å². The number of rotatable bonds is 5. The zero-order valence-electron chi connectivity index (χ0n) is 12.2. The molecule has 1 fully saturated rings. The Bertz CT molecular complexity index is 422. The molecule has 0 aromatic carbocycles. The smallest absolute Gasteiger partial charge is 0.135 e. The summed E-state index contributed by atoms with van der Waals surface area (Å²) in [5, 5.41) is 6.70. The number of methoxy groups -OCH3 is 1. The van der Waals surface area contributed by atoms with Crippen LogP contribution in [0.3, 0.4) is 0 Å². The molecule has 2 unspecified atom stereocenters. The minimum Gasteiger partial charge on any atom is -0.379 e. The second-order valence-corrected chi connectivity index (χ2v) is 5.35. The van der Waals surface area contributed by atoms with E-state index in [0.29, 0.717) is 12.0 Å². The number of ether oxygens (including phenoxy) is 1. The second kappa shape index (κ2) is 6.19. The van der Waals surface area contributed by atoms with E-state index < -0.39 is 0 Å². The number of nitrogens with zero attached hydrogens (tertiary/aromatic N) is 2. The average molecular weight is 264 g/mol. The van der Waals surface area contributed by atoms with E-state index in [1.165, 1.54) is 6.42 Å². The molecule has 0 bridgehead atoms. The molecule has 1 aromatic rings. The summed E-state index contributed by atoms with van der Waals surface area (Å²) in [6.45, 7) is 4.32. The number of hydrogen-bond acceptors (Lipinski definition) is 5. The first-order valence-electron chi connectivity index (χ1n) is 6.99. The van der Waals surface area contributed by atoms with Crippen molar-refractivity contribution in [3.05, 3.63) is 11.9 Å². The predicted molar refractivity (Wildman–Crippen MR) is 77.7 cm³/mol. The third-order valence-electron chi connectivity index (χ3n) is 3.78. The van der Waals surface area contributed by atoms with Crippen LogP contribution in [0.25, 0.3) is 0 Å². The summed E-state index contributed by atoms with van der Waals surface area (Å²) < 4.78 is 5.53. The zero-order chi connectivity index (χ0) is 13.8. The first kappa shape index (κ1) is 14.1. The van der Waals surface area contributed by atoms with Gasteiger partial charge < -0.3 is 15.4 Å². The lowest BCUT2D eigenvalue weighted by atomic mass is 10.0. The molecule has 106 valence electrons. The minimum absolute atomic E-state index is 0.285. The summed E-state index contributed by atoms with van der Waals surface area (Å²) in [6.07, 6.45) is 5.35. The summed E-state index contributed by atoms with van der Waals surface area (Å²) in [4.78, 5) is 8.72. The summed E-state index contributed by atoms with van der Waals surface area (Å²) in [5.41, 5.74) is 1.15. The third-order valence-corrected chi connectivity index (χ3v) is 3.78. The number of hydrogen-bond donors (Lipinski definition) is 2. The highest BCUT2D eigenvalue weighted by atomic mass is 16.5. The van der Waals surface area contributed by atoms with Crippen molar-refractivity contribution >= 4 is 11.6 Å². The molecule has 1 aliphatic carbocycles. The topological polar surface area (TPSA) is 59.1 Å². The van der Waals surface area contributed by atoms with Gasteiger partial charge in [-0.3, -0.25) is 0 Å². The van der Waals surface area contributed by atoms with Gasteiger partial charge >= 0.3 is 0 Å². The summed E-state index contributed by atoms with van der Waals surface area (Å²) in [7, 11) is 3.68. The lowest BCUT2D eigenvalue weighted by Gasteiger charge is -2.23. The Morgan fingerprint density at radius 3 is 2.63 bits per heavy atom. The first-order chi connectivity index (χ1) is 9.17. The molecule has 5 heteroatoms. The molecule has 0 radical (unpaired) electrons. The summed E-state index contributed by atoms with van der Waals surface area (Å²) in [6, 6.07) is 0.349. The number of aromatic nitrogens is 2.